The van der Waals surface area contributed by atoms with Crippen LogP contribution >= 0.6 is 0 Å². The second-order valence-corrected chi connectivity index (χ2v) is 4.77. The first-order valence-electron chi connectivity index (χ1n) is 6.30. The van der Waals surface area contributed by atoms with Crippen LogP contribution in [0, 0.1) is 0 Å². The van der Waals surface area contributed by atoms with E-state index in [2.05, 4.69) is 27.4 Å². The quantitative estimate of drug-likeness (QED) is 0.875. The Kier molecular flexibility index (Phi) is 3.06. The molecule has 2 aromatic rings. The van der Waals surface area contributed by atoms with E-state index in [0.29, 0.717) is 17.8 Å². The molecule has 2 atom stereocenters. The molecular formula is C13H16N4O. The van der Waals surface area contributed by atoms with Gasteiger partial charge in [-0.15, -0.1) is 0 Å². The van der Waals surface area contributed by atoms with E-state index in [-0.39, 0.29) is 0 Å². The maximum atomic E-state index is 5.39. The van der Waals surface area contributed by atoms with E-state index in [4.69, 9.17) is 4.52 Å². The highest BCUT2D eigenvalue weighted by atomic mass is 16.5. The van der Waals surface area contributed by atoms with Crippen LogP contribution < -0.4 is 5.32 Å². The molecule has 0 aliphatic carbocycles. The highest BCUT2D eigenvalue weighted by molar-refractivity contribution is 5.51. The summed E-state index contributed by atoms with van der Waals surface area (Å²) in [7, 11) is 0. The summed E-state index contributed by atoms with van der Waals surface area (Å²) in [6, 6.07) is 4.32. The van der Waals surface area contributed by atoms with Crippen LogP contribution in [0.2, 0.25) is 0 Å². The predicted octanol–water partition coefficient (Wildman–Crippen LogP) is 1.99. The van der Waals surface area contributed by atoms with Gasteiger partial charge in [-0.05, 0) is 38.4 Å². The maximum absolute atomic E-state index is 5.39. The zero-order valence-corrected chi connectivity index (χ0v) is 10.3. The summed E-state index contributed by atoms with van der Waals surface area (Å²) in [5, 5.41) is 7.46. The molecule has 1 fully saturated rings. The Morgan fingerprint density at radius 1 is 1.44 bits per heavy atom. The molecule has 0 spiro atoms. The average Bonchev–Trinajstić information content (AvgIpc) is 2.89. The van der Waals surface area contributed by atoms with Gasteiger partial charge in [0.1, 0.15) is 0 Å². The Bertz CT molecular complexity index is 511. The normalized spacial score (nSPS) is 24.1. The number of pyridine rings is 1. The molecule has 1 aliphatic rings. The van der Waals surface area contributed by atoms with E-state index in [1.54, 1.807) is 12.4 Å². The molecule has 1 N–H and O–H groups in total. The molecule has 18 heavy (non-hydrogen) atoms. The lowest BCUT2D eigenvalue weighted by Gasteiger charge is -2.25. The second-order valence-electron chi connectivity index (χ2n) is 4.77. The van der Waals surface area contributed by atoms with Crippen molar-refractivity contribution in [1.29, 1.82) is 0 Å². The number of hydrogen-bond acceptors (Lipinski definition) is 5. The minimum atomic E-state index is 0.374. The summed E-state index contributed by atoms with van der Waals surface area (Å²) >= 11 is 0. The predicted molar refractivity (Wildman–Crippen MR) is 67.0 cm³/mol. The lowest BCUT2D eigenvalue weighted by molar-refractivity contribution is 0.295. The highest BCUT2D eigenvalue weighted by Gasteiger charge is 2.25. The molecule has 0 saturated carbocycles. The molecule has 0 radical (unpaired) electrons. The number of rotatable bonds is 2. The van der Waals surface area contributed by atoms with Gasteiger partial charge in [0.15, 0.2) is 0 Å². The average molecular weight is 244 g/mol. The summed E-state index contributed by atoms with van der Waals surface area (Å²) in [6.07, 6.45) is 5.59. The topological polar surface area (TPSA) is 63.8 Å². The van der Waals surface area contributed by atoms with Gasteiger partial charge in [-0.2, -0.15) is 4.98 Å². The third kappa shape index (κ3) is 2.26. The number of hydrogen-bond donors (Lipinski definition) is 1. The minimum Gasteiger partial charge on any atom is -0.339 e. The molecule has 0 bridgehead atoms. The van der Waals surface area contributed by atoms with Gasteiger partial charge in [0, 0.05) is 29.9 Å². The monoisotopic (exact) mass is 244 g/mol. The standard InChI is InChI=1S/C13H16N4O/c1-9-7-10(4-6-15-9)13-16-12(17-18-13)11-3-2-5-14-8-11/h2-3,5,8-10,15H,4,6-7H2,1H3/t9-,10-/m0/s1. The van der Waals surface area contributed by atoms with Crippen molar-refractivity contribution in [3.63, 3.8) is 0 Å². The largest absolute Gasteiger partial charge is 0.339 e. The Labute approximate surface area is 106 Å². The number of aromatic nitrogens is 3. The van der Waals surface area contributed by atoms with Gasteiger partial charge >= 0.3 is 0 Å². The molecule has 3 heterocycles. The Balaban J connectivity index is 1.81. The number of piperidine rings is 1. The first kappa shape index (κ1) is 11.3. The molecule has 1 aliphatic heterocycles. The third-order valence-electron chi connectivity index (χ3n) is 3.33. The van der Waals surface area contributed by atoms with Crippen LogP contribution in [0.5, 0.6) is 0 Å². The van der Waals surface area contributed by atoms with Crippen LogP contribution in [0.4, 0.5) is 0 Å². The SMILES string of the molecule is C[C@H]1C[C@@H](c2nc(-c3cccnc3)no2)CCN1. The molecule has 1 saturated heterocycles. The summed E-state index contributed by atoms with van der Waals surface area (Å²) in [5.74, 6) is 1.76. The summed E-state index contributed by atoms with van der Waals surface area (Å²) in [6.45, 7) is 3.20. The van der Waals surface area contributed by atoms with Gasteiger partial charge in [-0.25, -0.2) is 0 Å². The van der Waals surface area contributed by atoms with Crippen LogP contribution in [-0.2, 0) is 0 Å². The van der Waals surface area contributed by atoms with Crippen molar-refractivity contribution in [3.05, 3.63) is 30.4 Å². The van der Waals surface area contributed by atoms with Crippen LogP contribution in [0.25, 0.3) is 11.4 Å². The van der Waals surface area contributed by atoms with Gasteiger partial charge in [-0.1, -0.05) is 5.16 Å². The van der Waals surface area contributed by atoms with Crippen LogP contribution in [-0.4, -0.2) is 27.7 Å². The highest BCUT2D eigenvalue weighted by Crippen LogP contribution is 2.27. The molecule has 3 rings (SSSR count). The van der Waals surface area contributed by atoms with Crippen molar-refractivity contribution in [2.45, 2.75) is 31.7 Å². The molecule has 0 aromatic carbocycles. The number of nitrogens with one attached hydrogen (secondary N) is 1. The van der Waals surface area contributed by atoms with Gasteiger partial charge in [0.25, 0.3) is 0 Å². The summed E-state index contributed by atoms with van der Waals surface area (Å²) in [4.78, 5) is 8.56. The van der Waals surface area contributed by atoms with E-state index in [1.807, 2.05) is 12.1 Å². The van der Waals surface area contributed by atoms with E-state index in [9.17, 15) is 0 Å². The summed E-state index contributed by atoms with van der Waals surface area (Å²) < 4.78 is 5.39. The van der Waals surface area contributed by atoms with Gasteiger partial charge in [0.05, 0.1) is 0 Å². The van der Waals surface area contributed by atoms with E-state index >= 15 is 0 Å². The molecule has 5 nitrogen and oxygen atoms in total. The first-order chi connectivity index (χ1) is 8.83. The zero-order valence-electron chi connectivity index (χ0n) is 10.3. The Hall–Kier alpha value is -1.75. The molecule has 2 aromatic heterocycles. The molecule has 94 valence electrons. The third-order valence-corrected chi connectivity index (χ3v) is 3.33. The molecule has 5 heteroatoms. The van der Waals surface area contributed by atoms with E-state index in [1.165, 1.54) is 0 Å². The molecular weight excluding hydrogens is 228 g/mol. The molecule has 0 unspecified atom stereocenters. The molecule has 0 amide bonds. The van der Waals surface area contributed by atoms with Crippen LogP contribution in [0.15, 0.2) is 29.0 Å². The van der Waals surface area contributed by atoms with E-state index < -0.39 is 0 Å². The second kappa shape index (κ2) is 4.86. The number of nitrogens with zero attached hydrogens (tertiary/aromatic N) is 3. The Morgan fingerprint density at radius 2 is 2.39 bits per heavy atom. The fourth-order valence-electron chi connectivity index (χ4n) is 2.37. The fraction of sp³-hybridized carbons (Fsp3) is 0.462. The van der Waals surface area contributed by atoms with Crippen molar-refractivity contribution in [1.82, 2.24) is 20.4 Å². The van der Waals surface area contributed by atoms with E-state index in [0.717, 1.165) is 30.8 Å². The van der Waals surface area contributed by atoms with Crippen molar-refractivity contribution in [2.24, 2.45) is 0 Å². The lowest BCUT2D eigenvalue weighted by atomic mass is 9.93. The minimum absolute atomic E-state index is 0.374. The lowest BCUT2D eigenvalue weighted by Crippen LogP contribution is -2.34. The van der Waals surface area contributed by atoms with Crippen LogP contribution in [0.1, 0.15) is 31.6 Å². The van der Waals surface area contributed by atoms with Gasteiger partial charge in [-0.3, -0.25) is 4.98 Å². The smallest absolute Gasteiger partial charge is 0.230 e. The van der Waals surface area contributed by atoms with Crippen LogP contribution in [0.3, 0.4) is 0 Å². The van der Waals surface area contributed by atoms with Crippen molar-refractivity contribution in [3.8, 4) is 11.4 Å². The Morgan fingerprint density at radius 3 is 3.17 bits per heavy atom. The zero-order chi connectivity index (χ0) is 12.4. The first-order valence-corrected chi connectivity index (χ1v) is 6.30. The fourth-order valence-corrected chi connectivity index (χ4v) is 2.37. The maximum Gasteiger partial charge on any atom is 0.230 e. The van der Waals surface area contributed by atoms with Gasteiger partial charge < -0.3 is 9.84 Å². The van der Waals surface area contributed by atoms with Crippen molar-refractivity contribution in [2.75, 3.05) is 6.54 Å². The van der Waals surface area contributed by atoms with Gasteiger partial charge in [0.2, 0.25) is 11.7 Å². The van der Waals surface area contributed by atoms with Crippen molar-refractivity contribution >= 4 is 0 Å². The summed E-state index contributed by atoms with van der Waals surface area (Å²) in [5.41, 5.74) is 0.898. The van der Waals surface area contributed by atoms with Crippen molar-refractivity contribution < 1.29 is 4.52 Å².